The Morgan fingerprint density at radius 2 is 2.29 bits per heavy atom. The Balaban J connectivity index is 1.90. The van der Waals surface area contributed by atoms with Gasteiger partial charge in [-0.15, -0.1) is 0 Å². The number of carboxylic acid groups (broad SMARTS) is 1. The number of aromatic nitrogens is 1. The van der Waals surface area contributed by atoms with Gasteiger partial charge >= 0.3 is 5.97 Å². The standard InChI is InChI=1S/C14H16ClN3O3/c15-13-10(9-16)1-5-17-14(13)18-6-2-11(3-7-18)21-8-4-12(19)20/h1,5,11H,2-4,6-8H2,(H,19,20). The molecule has 0 radical (unpaired) electrons. The summed E-state index contributed by atoms with van der Waals surface area (Å²) in [6.45, 7) is 1.68. The average Bonchev–Trinajstić information content (AvgIpc) is 2.48. The number of hydrogen-bond donors (Lipinski definition) is 1. The molecule has 1 aromatic heterocycles. The lowest BCUT2D eigenvalue weighted by atomic mass is 10.1. The molecule has 1 N–H and O–H groups in total. The van der Waals surface area contributed by atoms with Crippen molar-refractivity contribution in [1.82, 2.24) is 4.98 Å². The Labute approximate surface area is 127 Å². The molecule has 1 fully saturated rings. The number of halogens is 1. The van der Waals surface area contributed by atoms with Gasteiger partial charge in [-0.2, -0.15) is 5.26 Å². The average molecular weight is 310 g/mol. The lowest BCUT2D eigenvalue weighted by Gasteiger charge is -2.33. The molecule has 7 heteroatoms. The van der Waals surface area contributed by atoms with Crippen LogP contribution in [0.5, 0.6) is 0 Å². The van der Waals surface area contributed by atoms with E-state index in [9.17, 15) is 4.79 Å². The second-order valence-electron chi connectivity index (χ2n) is 4.81. The zero-order valence-electron chi connectivity index (χ0n) is 11.5. The van der Waals surface area contributed by atoms with Crippen molar-refractivity contribution in [3.05, 3.63) is 22.8 Å². The van der Waals surface area contributed by atoms with Crippen molar-refractivity contribution in [2.24, 2.45) is 0 Å². The number of nitrogens with zero attached hydrogens (tertiary/aromatic N) is 3. The molecule has 0 aromatic carbocycles. The van der Waals surface area contributed by atoms with Gasteiger partial charge in [-0.05, 0) is 18.9 Å². The first kappa shape index (κ1) is 15.5. The van der Waals surface area contributed by atoms with Crippen LogP contribution in [0.15, 0.2) is 12.3 Å². The maximum absolute atomic E-state index is 10.4. The van der Waals surface area contributed by atoms with Gasteiger partial charge in [-0.3, -0.25) is 4.79 Å². The fraction of sp³-hybridized carbons (Fsp3) is 0.500. The molecule has 6 nitrogen and oxygen atoms in total. The van der Waals surface area contributed by atoms with Gasteiger partial charge in [0.05, 0.1) is 24.7 Å². The fourth-order valence-electron chi connectivity index (χ4n) is 2.29. The van der Waals surface area contributed by atoms with E-state index in [1.54, 1.807) is 12.3 Å². The van der Waals surface area contributed by atoms with E-state index in [4.69, 9.17) is 26.7 Å². The van der Waals surface area contributed by atoms with Gasteiger partial charge in [0.15, 0.2) is 0 Å². The minimum atomic E-state index is -0.850. The van der Waals surface area contributed by atoms with E-state index in [1.807, 2.05) is 11.0 Å². The van der Waals surface area contributed by atoms with E-state index < -0.39 is 5.97 Å². The molecule has 0 spiro atoms. The molecular weight excluding hydrogens is 294 g/mol. The van der Waals surface area contributed by atoms with Gasteiger partial charge in [0.25, 0.3) is 0 Å². The highest BCUT2D eigenvalue weighted by molar-refractivity contribution is 6.34. The van der Waals surface area contributed by atoms with Crippen LogP contribution in [0.1, 0.15) is 24.8 Å². The van der Waals surface area contributed by atoms with E-state index in [0.717, 1.165) is 25.9 Å². The minimum absolute atomic E-state index is 0.0256. The zero-order chi connectivity index (χ0) is 15.2. The summed E-state index contributed by atoms with van der Waals surface area (Å²) < 4.78 is 5.54. The van der Waals surface area contributed by atoms with Crippen molar-refractivity contribution < 1.29 is 14.6 Å². The summed E-state index contributed by atoms with van der Waals surface area (Å²) in [5.41, 5.74) is 0.418. The number of hydrogen-bond acceptors (Lipinski definition) is 5. The highest BCUT2D eigenvalue weighted by Gasteiger charge is 2.23. The highest BCUT2D eigenvalue weighted by atomic mass is 35.5. The molecule has 1 aromatic rings. The zero-order valence-corrected chi connectivity index (χ0v) is 12.2. The van der Waals surface area contributed by atoms with Gasteiger partial charge in [0, 0.05) is 19.3 Å². The largest absolute Gasteiger partial charge is 0.481 e. The summed E-state index contributed by atoms with van der Waals surface area (Å²) in [7, 11) is 0. The Kier molecular flexibility index (Phi) is 5.37. The summed E-state index contributed by atoms with van der Waals surface area (Å²) in [6, 6.07) is 3.63. The van der Waals surface area contributed by atoms with Crippen molar-refractivity contribution in [3.63, 3.8) is 0 Å². The lowest BCUT2D eigenvalue weighted by Crippen LogP contribution is -2.38. The van der Waals surface area contributed by atoms with E-state index in [1.165, 1.54) is 0 Å². The Hall–Kier alpha value is -1.84. The maximum Gasteiger partial charge on any atom is 0.305 e. The van der Waals surface area contributed by atoms with Crippen LogP contribution >= 0.6 is 11.6 Å². The molecule has 1 aliphatic heterocycles. The monoisotopic (exact) mass is 309 g/mol. The van der Waals surface area contributed by atoms with E-state index in [2.05, 4.69) is 4.98 Å². The van der Waals surface area contributed by atoms with Crippen LogP contribution in [-0.4, -0.2) is 41.9 Å². The van der Waals surface area contributed by atoms with Crippen LogP contribution in [0.3, 0.4) is 0 Å². The second-order valence-corrected chi connectivity index (χ2v) is 5.19. The molecule has 0 saturated carbocycles. The first-order chi connectivity index (χ1) is 10.1. The number of anilines is 1. The van der Waals surface area contributed by atoms with Crippen LogP contribution in [-0.2, 0) is 9.53 Å². The van der Waals surface area contributed by atoms with Crippen LogP contribution in [0.25, 0.3) is 0 Å². The van der Waals surface area contributed by atoms with E-state index in [0.29, 0.717) is 16.4 Å². The van der Waals surface area contributed by atoms with Crippen LogP contribution < -0.4 is 4.90 Å². The van der Waals surface area contributed by atoms with Gasteiger partial charge in [0.2, 0.25) is 0 Å². The molecular formula is C14H16ClN3O3. The van der Waals surface area contributed by atoms with Crippen LogP contribution in [0, 0.1) is 11.3 Å². The van der Waals surface area contributed by atoms with Crippen LogP contribution in [0.2, 0.25) is 5.02 Å². The number of pyridine rings is 1. The Bertz CT molecular complexity index is 551. The quantitative estimate of drug-likeness (QED) is 0.896. The van der Waals surface area contributed by atoms with Crippen molar-refractivity contribution in [2.45, 2.75) is 25.4 Å². The van der Waals surface area contributed by atoms with Gasteiger partial charge in [-0.25, -0.2) is 4.98 Å². The van der Waals surface area contributed by atoms with Crippen molar-refractivity contribution in [3.8, 4) is 6.07 Å². The van der Waals surface area contributed by atoms with Crippen molar-refractivity contribution >= 4 is 23.4 Å². The van der Waals surface area contributed by atoms with Crippen molar-refractivity contribution in [2.75, 3.05) is 24.6 Å². The van der Waals surface area contributed by atoms with E-state index >= 15 is 0 Å². The number of carbonyl (C=O) groups is 1. The summed E-state index contributed by atoms with van der Waals surface area (Å²) in [5, 5.41) is 17.9. The molecule has 0 amide bonds. The first-order valence-corrected chi connectivity index (χ1v) is 7.12. The van der Waals surface area contributed by atoms with Gasteiger partial charge < -0.3 is 14.7 Å². The van der Waals surface area contributed by atoms with Crippen LogP contribution in [0.4, 0.5) is 5.82 Å². The topological polar surface area (TPSA) is 86.5 Å². The second kappa shape index (κ2) is 7.25. The summed E-state index contributed by atoms with van der Waals surface area (Å²) in [6.07, 6.45) is 3.24. The minimum Gasteiger partial charge on any atom is -0.481 e. The van der Waals surface area contributed by atoms with Crippen molar-refractivity contribution in [1.29, 1.82) is 5.26 Å². The first-order valence-electron chi connectivity index (χ1n) is 6.74. The summed E-state index contributed by atoms with van der Waals surface area (Å²) in [5.74, 6) is -0.226. The molecule has 0 atom stereocenters. The predicted octanol–water partition coefficient (Wildman–Crippen LogP) is 2.07. The number of carboxylic acids is 1. The maximum atomic E-state index is 10.4. The molecule has 112 valence electrons. The SMILES string of the molecule is N#Cc1ccnc(N2CCC(OCCC(=O)O)CC2)c1Cl. The fourth-order valence-corrected chi connectivity index (χ4v) is 2.56. The molecule has 2 heterocycles. The number of ether oxygens (including phenoxy) is 1. The highest BCUT2D eigenvalue weighted by Crippen LogP contribution is 2.29. The van der Waals surface area contributed by atoms with Gasteiger partial charge in [0.1, 0.15) is 16.9 Å². The number of piperidine rings is 1. The predicted molar refractivity (Wildman–Crippen MR) is 77.4 cm³/mol. The van der Waals surface area contributed by atoms with Gasteiger partial charge in [-0.1, -0.05) is 11.6 Å². The number of nitriles is 1. The normalized spacial score (nSPS) is 15.7. The third kappa shape index (κ3) is 4.06. The number of aliphatic carboxylic acids is 1. The third-order valence-corrected chi connectivity index (χ3v) is 3.77. The Morgan fingerprint density at radius 3 is 2.90 bits per heavy atom. The number of rotatable bonds is 5. The third-order valence-electron chi connectivity index (χ3n) is 3.40. The van der Waals surface area contributed by atoms with E-state index in [-0.39, 0.29) is 19.1 Å². The lowest BCUT2D eigenvalue weighted by molar-refractivity contribution is -0.138. The summed E-state index contributed by atoms with van der Waals surface area (Å²) in [4.78, 5) is 16.7. The molecule has 1 aliphatic rings. The molecule has 0 aliphatic carbocycles. The molecule has 21 heavy (non-hydrogen) atoms. The summed E-state index contributed by atoms with van der Waals surface area (Å²) >= 11 is 6.17. The molecule has 0 bridgehead atoms. The molecule has 0 unspecified atom stereocenters. The Morgan fingerprint density at radius 1 is 1.57 bits per heavy atom. The molecule has 1 saturated heterocycles. The smallest absolute Gasteiger partial charge is 0.305 e. The molecule has 2 rings (SSSR count).